The van der Waals surface area contributed by atoms with Crippen LogP contribution in [0.15, 0.2) is 42.0 Å². The minimum absolute atomic E-state index is 0.201. The molecule has 2 rings (SSSR count). The van der Waals surface area contributed by atoms with Crippen LogP contribution in [0.2, 0.25) is 0 Å². The fourth-order valence-corrected chi connectivity index (χ4v) is 3.42. The summed E-state index contributed by atoms with van der Waals surface area (Å²) < 4.78 is 0. The lowest BCUT2D eigenvalue weighted by atomic mass is 9.82. The summed E-state index contributed by atoms with van der Waals surface area (Å²) >= 11 is 0. The van der Waals surface area contributed by atoms with Crippen molar-refractivity contribution in [1.29, 1.82) is 0 Å². The van der Waals surface area contributed by atoms with Crippen LogP contribution >= 0.6 is 0 Å². The summed E-state index contributed by atoms with van der Waals surface area (Å²) in [6, 6.07) is 10.8. The zero-order valence-corrected chi connectivity index (χ0v) is 13.4. The Morgan fingerprint density at radius 1 is 1.20 bits per heavy atom. The van der Waals surface area contributed by atoms with Crippen LogP contribution in [0, 0.1) is 11.8 Å². The largest absolute Gasteiger partial charge is 0.316 e. The first-order chi connectivity index (χ1) is 9.47. The summed E-state index contributed by atoms with van der Waals surface area (Å²) in [6.07, 6.45) is 5.03. The standard InChI is InChI=1S/C19H29N/c1-15-10-16(2)12-17(11-15)13-20-14-19(3,4)18-8-6-5-7-9-18/h5-10,15,17,20H,11-14H2,1-4H3. The quantitative estimate of drug-likeness (QED) is 0.775. The Bertz CT molecular complexity index is 444. The van der Waals surface area contributed by atoms with Crippen molar-refractivity contribution >= 4 is 0 Å². The fraction of sp³-hybridized carbons (Fsp3) is 0.579. The van der Waals surface area contributed by atoms with Gasteiger partial charge in [-0.05, 0) is 43.7 Å². The lowest BCUT2D eigenvalue weighted by Gasteiger charge is -2.29. The molecule has 1 N–H and O–H groups in total. The zero-order chi connectivity index (χ0) is 14.6. The third-order valence-corrected chi connectivity index (χ3v) is 4.44. The molecule has 1 aliphatic carbocycles. The molecule has 1 nitrogen and oxygen atoms in total. The molecule has 2 unspecified atom stereocenters. The fourth-order valence-electron chi connectivity index (χ4n) is 3.42. The highest BCUT2D eigenvalue weighted by Crippen LogP contribution is 2.27. The molecule has 110 valence electrons. The van der Waals surface area contributed by atoms with Crippen molar-refractivity contribution in [1.82, 2.24) is 5.32 Å². The van der Waals surface area contributed by atoms with Crippen LogP contribution in [-0.2, 0) is 5.41 Å². The van der Waals surface area contributed by atoms with E-state index in [9.17, 15) is 0 Å². The molecule has 2 atom stereocenters. The smallest absolute Gasteiger partial charge is 0.00433 e. The van der Waals surface area contributed by atoms with Gasteiger partial charge < -0.3 is 5.32 Å². The van der Waals surface area contributed by atoms with Crippen molar-refractivity contribution < 1.29 is 0 Å². The lowest BCUT2D eigenvalue weighted by molar-refractivity contribution is 0.361. The summed E-state index contributed by atoms with van der Waals surface area (Å²) in [6.45, 7) is 11.4. The van der Waals surface area contributed by atoms with Crippen LogP contribution in [0.4, 0.5) is 0 Å². The Kier molecular flexibility index (Phi) is 5.04. The molecule has 0 bridgehead atoms. The molecule has 20 heavy (non-hydrogen) atoms. The number of allylic oxidation sites excluding steroid dienone is 2. The molecule has 0 heterocycles. The van der Waals surface area contributed by atoms with Crippen LogP contribution < -0.4 is 5.32 Å². The Morgan fingerprint density at radius 3 is 2.55 bits per heavy atom. The second kappa shape index (κ2) is 6.58. The number of benzene rings is 1. The molecule has 0 saturated heterocycles. The van der Waals surface area contributed by atoms with E-state index in [1.807, 2.05) is 0 Å². The van der Waals surface area contributed by atoms with Crippen molar-refractivity contribution in [3.63, 3.8) is 0 Å². The monoisotopic (exact) mass is 271 g/mol. The summed E-state index contributed by atoms with van der Waals surface area (Å²) in [7, 11) is 0. The third kappa shape index (κ3) is 4.21. The highest BCUT2D eigenvalue weighted by molar-refractivity contribution is 5.23. The first-order valence-electron chi connectivity index (χ1n) is 7.91. The van der Waals surface area contributed by atoms with Crippen molar-refractivity contribution in [3.05, 3.63) is 47.5 Å². The molecule has 0 saturated carbocycles. The minimum atomic E-state index is 0.201. The highest BCUT2D eigenvalue weighted by atomic mass is 14.9. The predicted molar refractivity (Wildman–Crippen MR) is 88.0 cm³/mol. The number of nitrogens with one attached hydrogen (secondary N) is 1. The van der Waals surface area contributed by atoms with Crippen molar-refractivity contribution in [2.24, 2.45) is 11.8 Å². The van der Waals surface area contributed by atoms with E-state index in [4.69, 9.17) is 0 Å². The third-order valence-electron chi connectivity index (χ3n) is 4.44. The van der Waals surface area contributed by atoms with Crippen LogP contribution in [0.1, 0.15) is 46.1 Å². The predicted octanol–water partition coefficient (Wildman–Crippen LogP) is 4.55. The van der Waals surface area contributed by atoms with E-state index in [0.29, 0.717) is 0 Å². The molecule has 0 aromatic heterocycles. The first kappa shape index (κ1) is 15.3. The lowest BCUT2D eigenvalue weighted by Crippen LogP contribution is -2.36. The molecule has 0 amide bonds. The topological polar surface area (TPSA) is 12.0 Å². The van der Waals surface area contributed by atoms with Gasteiger partial charge in [0.2, 0.25) is 0 Å². The van der Waals surface area contributed by atoms with Gasteiger partial charge in [-0.1, -0.05) is 62.8 Å². The second-order valence-electron chi connectivity index (χ2n) is 7.18. The summed E-state index contributed by atoms with van der Waals surface area (Å²) in [5.41, 5.74) is 3.19. The van der Waals surface area contributed by atoms with Gasteiger partial charge in [0.25, 0.3) is 0 Å². The van der Waals surface area contributed by atoms with E-state index >= 15 is 0 Å². The Balaban J connectivity index is 1.83. The Hall–Kier alpha value is -1.08. The van der Waals surface area contributed by atoms with Crippen LogP contribution in [0.5, 0.6) is 0 Å². The van der Waals surface area contributed by atoms with Crippen LogP contribution in [-0.4, -0.2) is 13.1 Å². The van der Waals surface area contributed by atoms with Crippen LogP contribution in [0.25, 0.3) is 0 Å². The van der Waals surface area contributed by atoms with Gasteiger partial charge in [0, 0.05) is 12.0 Å². The van der Waals surface area contributed by atoms with Gasteiger partial charge in [-0.25, -0.2) is 0 Å². The molecular weight excluding hydrogens is 242 g/mol. The van der Waals surface area contributed by atoms with Crippen molar-refractivity contribution in [2.75, 3.05) is 13.1 Å². The maximum absolute atomic E-state index is 3.71. The Labute approximate surface area is 124 Å². The average molecular weight is 271 g/mol. The van der Waals surface area contributed by atoms with Gasteiger partial charge in [-0.15, -0.1) is 0 Å². The van der Waals surface area contributed by atoms with E-state index in [-0.39, 0.29) is 5.41 Å². The zero-order valence-electron chi connectivity index (χ0n) is 13.4. The maximum Gasteiger partial charge on any atom is 0.00433 e. The number of hydrogen-bond donors (Lipinski definition) is 1. The molecule has 1 aliphatic rings. The van der Waals surface area contributed by atoms with Gasteiger partial charge in [-0.2, -0.15) is 0 Å². The van der Waals surface area contributed by atoms with E-state index in [1.165, 1.54) is 18.4 Å². The summed E-state index contributed by atoms with van der Waals surface area (Å²) in [5, 5.41) is 3.71. The van der Waals surface area contributed by atoms with Gasteiger partial charge >= 0.3 is 0 Å². The SMILES string of the molecule is CC1=CC(C)CC(CNCC(C)(C)c2ccccc2)C1. The van der Waals surface area contributed by atoms with Crippen molar-refractivity contribution in [3.8, 4) is 0 Å². The maximum atomic E-state index is 3.71. The van der Waals surface area contributed by atoms with Gasteiger partial charge in [0.1, 0.15) is 0 Å². The average Bonchev–Trinajstić information content (AvgIpc) is 2.38. The molecule has 0 spiro atoms. The first-order valence-corrected chi connectivity index (χ1v) is 7.91. The Morgan fingerprint density at radius 2 is 1.90 bits per heavy atom. The van der Waals surface area contributed by atoms with Crippen molar-refractivity contribution in [2.45, 2.75) is 46.0 Å². The molecule has 1 aromatic rings. The van der Waals surface area contributed by atoms with E-state index in [2.05, 4.69) is 69.4 Å². The van der Waals surface area contributed by atoms with E-state index in [0.717, 1.165) is 24.9 Å². The normalized spacial score (nSPS) is 23.5. The minimum Gasteiger partial charge on any atom is -0.316 e. The molecule has 1 aromatic carbocycles. The van der Waals surface area contributed by atoms with Gasteiger partial charge in [0.05, 0.1) is 0 Å². The molecule has 1 heteroatoms. The summed E-state index contributed by atoms with van der Waals surface area (Å²) in [4.78, 5) is 0. The van der Waals surface area contributed by atoms with E-state index in [1.54, 1.807) is 5.57 Å². The molecule has 0 aliphatic heterocycles. The molecule has 0 fully saturated rings. The number of hydrogen-bond acceptors (Lipinski definition) is 1. The van der Waals surface area contributed by atoms with Gasteiger partial charge in [0.15, 0.2) is 0 Å². The highest BCUT2D eigenvalue weighted by Gasteiger charge is 2.22. The number of rotatable bonds is 5. The summed E-state index contributed by atoms with van der Waals surface area (Å²) in [5.74, 6) is 1.55. The molecule has 0 radical (unpaired) electrons. The molecular formula is C19H29N. The van der Waals surface area contributed by atoms with E-state index < -0.39 is 0 Å². The van der Waals surface area contributed by atoms with Crippen LogP contribution in [0.3, 0.4) is 0 Å². The van der Waals surface area contributed by atoms with Gasteiger partial charge in [-0.3, -0.25) is 0 Å². The second-order valence-corrected chi connectivity index (χ2v) is 7.18.